The van der Waals surface area contributed by atoms with Crippen LogP contribution in [-0.2, 0) is 4.79 Å². The number of aliphatic hydroxyl groups is 1. The summed E-state index contributed by atoms with van der Waals surface area (Å²) < 4.78 is 0. The maximum absolute atomic E-state index is 13.2. The molecule has 1 aromatic heterocycles. The van der Waals surface area contributed by atoms with Gasteiger partial charge in [-0.15, -0.1) is 5.92 Å². The highest BCUT2D eigenvalue weighted by Crippen LogP contribution is 2.32. The number of rotatable bonds is 2. The van der Waals surface area contributed by atoms with Crippen molar-refractivity contribution in [3.05, 3.63) is 58.9 Å². The Balaban J connectivity index is 1.74. The zero-order valence-electron chi connectivity index (χ0n) is 19.0. The van der Waals surface area contributed by atoms with E-state index in [1.807, 2.05) is 26.0 Å². The molecule has 2 atom stereocenters. The summed E-state index contributed by atoms with van der Waals surface area (Å²) in [6, 6.07) is 7.31. The highest BCUT2D eigenvalue weighted by atomic mass is 16.3. The van der Waals surface area contributed by atoms with Crippen molar-refractivity contribution in [3.8, 4) is 11.8 Å². The molecule has 0 saturated carbocycles. The van der Waals surface area contributed by atoms with Gasteiger partial charge in [-0.3, -0.25) is 9.78 Å². The fraction of sp³-hybridized carbons (Fsp3) is 0.423. The predicted molar refractivity (Wildman–Crippen MR) is 126 cm³/mol. The number of carbonyl (C=O) groups excluding carboxylic acids is 2. The molecule has 168 valence electrons. The van der Waals surface area contributed by atoms with Gasteiger partial charge >= 0.3 is 6.03 Å². The van der Waals surface area contributed by atoms with E-state index in [2.05, 4.69) is 22.1 Å². The van der Waals surface area contributed by atoms with Crippen LogP contribution in [0.2, 0.25) is 0 Å². The molecule has 3 rings (SSSR count). The number of urea groups is 1. The van der Waals surface area contributed by atoms with Crippen LogP contribution in [0.1, 0.15) is 60.8 Å². The second-order valence-electron chi connectivity index (χ2n) is 8.31. The number of carbonyl (C=O) groups is 2. The first-order valence-electron chi connectivity index (χ1n) is 11.1. The molecule has 2 heterocycles. The van der Waals surface area contributed by atoms with Crippen LogP contribution in [0.25, 0.3) is 0 Å². The number of nitrogens with one attached hydrogen (secondary N) is 1. The molecule has 2 aromatic rings. The largest absolute Gasteiger partial charge is 0.392 e. The van der Waals surface area contributed by atoms with Gasteiger partial charge in [0.25, 0.3) is 0 Å². The first-order valence-corrected chi connectivity index (χ1v) is 11.1. The van der Waals surface area contributed by atoms with Crippen LogP contribution >= 0.6 is 0 Å². The Morgan fingerprint density at radius 1 is 1.22 bits per heavy atom. The number of hydrogen-bond acceptors (Lipinski definition) is 4. The molecule has 1 aliphatic heterocycles. The highest BCUT2D eigenvalue weighted by Gasteiger charge is 2.31. The van der Waals surface area contributed by atoms with Gasteiger partial charge in [-0.1, -0.05) is 5.92 Å². The molecule has 1 saturated heterocycles. The lowest BCUT2D eigenvalue weighted by Crippen LogP contribution is -2.38. The Morgan fingerprint density at radius 2 is 1.94 bits per heavy atom. The lowest BCUT2D eigenvalue weighted by Gasteiger charge is -2.29. The van der Waals surface area contributed by atoms with Gasteiger partial charge in [-0.05, 0) is 81.0 Å². The number of ketones is 1. The molecule has 32 heavy (non-hydrogen) atoms. The molecule has 2 amide bonds. The van der Waals surface area contributed by atoms with E-state index in [4.69, 9.17) is 0 Å². The Bertz CT molecular complexity index is 1000. The molecule has 0 radical (unpaired) electrons. The fourth-order valence-corrected chi connectivity index (χ4v) is 4.46. The van der Waals surface area contributed by atoms with E-state index in [1.165, 1.54) is 0 Å². The van der Waals surface area contributed by atoms with Gasteiger partial charge in [0.15, 0.2) is 0 Å². The standard InChI is InChI=1S/C26H31N3O3/c1-4-8-20-15-18(2)24(19(3)16-20)25-22(30)10-6-13-29(14-7-11-23(25)31)26(32)28-21-9-5-12-27-17-21/h5,9,12,15-17,22,25,30H,6-7,10-11,13-14H2,1-3H3,(H,28,32). The van der Waals surface area contributed by atoms with Crippen molar-refractivity contribution in [2.45, 2.75) is 58.5 Å². The van der Waals surface area contributed by atoms with Gasteiger partial charge < -0.3 is 15.3 Å². The van der Waals surface area contributed by atoms with Crippen LogP contribution in [0, 0.1) is 25.7 Å². The summed E-state index contributed by atoms with van der Waals surface area (Å²) in [6.07, 6.45) is 4.39. The minimum atomic E-state index is -0.788. The van der Waals surface area contributed by atoms with Gasteiger partial charge in [0.2, 0.25) is 0 Å². The Kier molecular flexibility index (Phi) is 8.02. The molecule has 0 aliphatic carbocycles. The van der Waals surface area contributed by atoms with Crippen molar-refractivity contribution in [2.75, 3.05) is 18.4 Å². The van der Waals surface area contributed by atoms with E-state index in [0.29, 0.717) is 44.5 Å². The number of aryl methyl sites for hydroxylation is 2. The number of nitrogens with zero attached hydrogens (tertiary/aromatic N) is 2. The normalized spacial score (nSPS) is 19.6. The molecule has 1 fully saturated rings. The van der Waals surface area contributed by atoms with E-state index in [-0.39, 0.29) is 11.8 Å². The molecule has 1 aromatic carbocycles. The number of Topliss-reactive ketones (excluding diaryl/α,β-unsaturated/α-hetero) is 1. The molecule has 0 spiro atoms. The Labute approximate surface area is 190 Å². The molecule has 2 N–H and O–H groups in total. The third-order valence-corrected chi connectivity index (χ3v) is 5.88. The van der Waals surface area contributed by atoms with Crippen molar-refractivity contribution in [1.29, 1.82) is 0 Å². The molecule has 6 heteroatoms. The fourth-order valence-electron chi connectivity index (χ4n) is 4.46. The summed E-state index contributed by atoms with van der Waals surface area (Å²) >= 11 is 0. The molecular weight excluding hydrogens is 402 g/mol. The number of anilines is 1. The second-order valence-corrected chi connectivity index (χ2v) is 8.31. The minimum absolute atomic E-state index is 0.0209. The van der Waals surface area contributed by atoms with E-state index in [0.717, 1.165) is 22.3 Å². The zero-order chi connectivity index (χ0) is 23.1. The number of aromatic nitrogens is 1. The monoisotopic (exact) mass is 433 g/mol. The van der Waals surface area contributed by atoms with E-state index in [9.17, 15) is 14.7 Å². The highest BCUT2D eigenvalue weighted by molar-refractivity contribution is 5.89. The van der Waals surface area contributed by atoms with E-state index in [1.54, 1.807) is 36.4 Å². The van der Waals surface area contributed by atoms with Crippen molar-refractivity contribution >= 4 is 17.5 Å². The quantitative estimate of drug-likeness (QED) is 0.696. The van der Waals surface area contributed by atoms with Crippen LogP contribution in [0.3, 0.4) is 0 Å². The number of pyridine rings is 1. The summed E-state index contributed by atoms with van der Waals surface area (Å²) in [4.78, 5) is 31.6. The SMILES string of the molecule is CC#Cc1cc(C)c(C2C(=O)CCCN(C(=O)Nc3cccnc3)CCCC2O)c(C)c1. The predicted octanol–water partition coefficient (Wildman–Crippen LogP) is 4.19. The number of benzene rings is 1. The molecule has 1 aliphatic rings. The van der Waals surface area contributed by atoms with E-state index >= 15 is 0 Å². The molecular formula is C26H31N3O3. The van der Waals surface area contributed by atoms with Gasteiger partial charge in [-0.25, -0.2) is 4.79 Å². The van der Waals surface area contributed by atoms with Crippen LogP contribution < -0.4 is 5.32 Å². The minimum Gasteiger partial charge on any atom is -0.392 e. The number of hydrogen-bond donors (Lipinski definition) is 2. The van der Waals surface area contributed by atoms with Gasteiger partial charge in [0.05, 0.1) is 23.9 Å². The summed E-state index contributed by atoms with van der Waals surface area (Å²) in [6.45, 7) is 6.77. The van der Waals surface area contributed by atoms with Crippen LogP contribution in [0.4, 0.5) is 10.5 Å². The average molecular weight is 434 g/mol. The zero-order valence-corrected chi connectivity index (χ0v) is 19.0. The van der Waals surface area contributed by atoms with Gasteiger partial charge in [0, 0.05) is 31.3 Å². The Hall–Kier alpha value is -3.17. The number of amides is 2. The summed E-state index contributed by atoms with van der Waals surface area (Å²) in [5.41, 5.74) is 4.43. The number of aliphatic hydroxyl groups excluding tert-OH is 1. The van der Waals surface area contributed by atoms with Crippen molar-refractivity contribution in [2.24, 2.45) is 0 Å². The van der Waals surface area contributed by atoms with Crippen LogP contribution in [0.5, 0.6) is 0 Å². The van der Waals surface area contributed by atoms with Crippen molar-refractivity contribution in [1.82, 2.24) is 9.88 Å². The Morgan fingerprint density at radius 3 is 2.59 bits per heavy atom. The third-order valence-electron chi connectivity index (χ3n) is 5.88. The summed E-state index contributed by atoms with van der Waals surface area (Å²) in [7, 11) is 0. The van der Waals surface area contributed by atoms with E-state index < -0.39 is 12.0 Å². The van der Waals surface area contributed by atoms with Crippen molar-refractivity contribution < 1.29 is 14.7 Å². The van der Waals surface area contributed by atoms with Gasteiger partial charge in [0.1, 0.15) is 5.78 Å². The van der Waals surface area contributed by atoms with Gasteiger partial charge in [-0.2, -0.15) is 0 Å². The van der Waals surface area contributed by atoms with Crippen molar-refractivity contribution in [3.63, 3.8) is 0 Å². The second kappa shape index (κ2) is 10.9. The maximum atomic E-state index is 13.2. The summed E-state index contributed by atoms with van der Waals surface area (Å²) in [5.74, 6) is 5.45. The average Bonchev–Trinajstić information content (AvgIpc) is 2.75. The summed E-state index contributed by atoms with van der Waals surface area (Å²) in [5, 5.41) is 13.9. The smallest absolute Gasteiger partial charge is 0.321 e. The lowest BCUT2D eigenvalue weighted by molar-refractivity contribution is -0.123. The topological polar surface area (TPSA) is 82.5 Å². The molecule has 6 nitrogen and oxygen atoms in total. The van der Waals surface area contributed by atoms with Crippen LogP contribution in [0.15, 0.2) is 36.7 Å². The third kappa shape index (κ3) is 5.74. The lowest BCUT2D eigenvalue weighted by atomic mass is 9.80. The molecule has 0 bridgehead atoms. The molecule has 2 unspecified atom stereocenters. The first-order chi connectivity index (χ1) is 15.4. The maximum Gasteiger partial charge on any atom is 0.321 e. The first kappa shape index (κ1) is 23.5. The van der Waals surface area contributed by atoms with Crippen LogP contribution in [-0.4, -0.2) is 46.0 Å².